The van der Waals surface area contributed by atoms with E-state index in [-0.39, 0.29) is 0 Å². The summed E-state index contributed by atoms with van der Waals surface area (Å²) in [7, 11) is 0. The third-order valence-corrected chi connectivity index (χ3v) is 1.72. The molecule has 1 amide bonds. The summed E-state index contributed by atoms with van der Waals surface area (Å²) in [6.07, 6.45) is -11.5. The number of nitrogens with two attached hydrogens (primary N) is 1. The summed E-state index contributed by atoms with van der Waals surface area (Å²) in [5, 5.41) is 34.6. The van der Waals surface area contributed by atoms with Crippen molar-refractivity contribution < 1.29 is 38.8 Å². The van der Waals surface area contributed by atoms with Gasteiger partial charge in [0.2, 0.25) is 5.60 Å². The summed E-state index contributed by atoms with van der Waals surface area (Å²) < 4.78 is 24.4. The molecule has 0 unspecified atom stereocenters. The maximum atomic E-state index is 12.2. The summed E-state index contributed by atoms with van der Waals surface area (Å²) in [4.78, 5) is 20.6. The summed E-state index contributed by atoms with van der Waals surface area (Å²) in [6, 6.07) is 0. The van der Waals surface area contributed by atoms with Gasteiger partial charge in [-0.05, 0) is 0 Å². The van der Waals surface area contributed by atoms with Gasteiger partial charge in [-0.1, -0.05) is 0 Å². The van der Waals surface area contributed by atoms with E-state index in [0.717, 1.165) is 0 Å². The van der Waals surface area contributed by atoms with Gasteiger partial charge in [-0.15, -0.1) is 0 Å². The number of hydrogen-bond donors (Lipinski definition) is 5. The smallest absolute Gasteiger partial charge is 0.382 e. The van der Waals surface area contributed by atoms with E-state index in [9.17, 15) is 18.4 Å². The van der Waals surface area contributed by atoms with Gasteiger partial charge in [-0.3, -0.25) is 4.79 Å². The predicted molar refractivity (Wildman–Crippen MR) is 39.4 cm³/mol. The molecule has 7 nitrogen and oxygen atoms in total. The van der Waals surface area contributed by atoms with E-state index in [4.69, 9.17) is 20.4 Å². The molecule has 0 saturated carbocycles. The Bertz CT molecular complexity index is 267. The maximum absolute atomic E-state index is 12.2. The highest BCUT2D eigenvalue weighted by atomic mass is 19.3. The topological polar surface area (TPSA) is 141 Å². The van der Waals surface area contributed by atoms with E-state index in [1.807, 2.05) is 0 Å². The van der Waals surface area contributed by atoms with Crippen LogP contribution in [0.1, 0.15) is 0 Å². The second kappa shape index (κ2) is 4.14. The molecule has 0 aliphatic carbocycles. The second-order valence-electron chi connectivity index (χ2n) is 2.76. The molecule has 0 radical (unpaired) electrons. The minimum atomic E-state index is -4.91. The Balaban J connectivity index is 5.31. The zero-order chi connectivity index (χ0) is 12.4. The zero-order valence-electron chi connectivity index (χ0n) is 7.17. The van der Waals surface area contributed by atoms with Gasteiger partial charge >= 0.3 is 6.11 Å². The zero-order valence-corrected chi connectivity index (χ0v) is 7.17. The van der Waals surface area contributed by atoms with Crippen LogP contribution in [0.3, 0.4) is 0 Å². The van der Waals surface area contributed by atoms with Gasteiger partial charge in [-0.2, -0.15) is 8.78 Å². The van der Waals surface area contributed by atoms with Crippen molar-refractivity contribution in [1.82, 2.24) is 0 Å². The van der Waals surface area contributed by atoms with E-state index in [1.165, 1.54) is 0 Å². The molecule has 0 heterocycles. The van der Waals surface area contributed by atoms with Crippen molar-refractivity contribution >= 4 is 12.2 Å². The van der Waals surface area contributed by atoms with Gasteiger partial charge in [0.05, 0.1) is 0 Å². The number of primary amides is 1. The average Bonchev–Trinajstić information content (AvgIpc) is 2.12. The fraction of sp³-hybridized carbons (Fsp3) is 0.667. The molecule has 88 valence electrons. The Morgan fingerprint density at radius 3 is 1.93 bits per heavy atom. The standard InChI is InChI=1S/C6H9F2NO6/c7-6(8,15)3(12)5(14,4(9)13)2(11)1-10/h1-3,11-12,14-15H,(H2,9,13)/t2-,3-,5-/m0/s1. The number of carbonyl (C=O) groups excluding carboxylic acids is 2. The Morgan fingerprint density at radius 1 is 1.33 bits per heavy atom. The van der Waals surface area contributed by atoms with Crippen molar-refractivity contribution in [2.75, 3.05) is 0 Å². The van der Waals surface area contributed by atoms with Gasteiger partial charge in [0.25, 0.3) is 5.91 Å². The summed E-state index contributed by atoms with van der Waals surface area (Å²) >= 11 is 0. The molecule has 6 N–H and O–H groups in total. The van der Waals surface area contributed by atoms with Crippen molar-refractivity contribution in [2.45, 2.75) is 23.9 Å². The van der Waals surface area contributed by atoms with Crippen molar-refractivity contribution in [1.29, 1.82) is 0 Å². The summed E-state index contributed by atoms with van der Waals surface area (Å²) in [5.41, 5.74) is 0.766. The van der Waals surface area contributed by atoms with Gasteiger partial charge in [0.1, 0.15) is 6.10 Å². The van der Waals surface area contributed by atoms with Crippen LogP contribution in [-0.4, -0.2) is 56.5 Å². The normalized spacial score (nSPS) is 20.1. The minimum absolute atomic E-state index is 0.486. The quantitative estimate of drug-likeness (QED) is 0.313. The van der Waals surface area contributed by atoms with Crippen LogP contribution in [0.15, 0.2) is 0 Å². The molecule has 0 saturated heterocycles. The first-order chi connectivity index (χ1) is 6.58. The van der Waals surface area contributed by atoms with Crippen molar-refractivity contribution in [3.05, 3.63) is 0 Å². The van der Waals surface area contributed by atoms with Crippen LogP contribution in [-0.2, 0) is 9.59 Å². The lowest BCUT2D eigenvalue weighted by atomic mass is 9.89. The molecule has 3 atom stereocenters. The predicted octanol–water partition coefficient (Wildman–Crippen LogP) is -3.29. The van der Waals surface area contributed by atoms with Crippen molar-refractivity contribution in [3.63, 3.8) is 0 Å². The van der Waals surface area contributed by atoms with E-state index >= 15 is 0 Å². The fourth-order valence-corrected chi connectivity index (χ4v) is 0.811. The summed E-state index contributed by atoms with van der Waals surface area (Å²) in [6.45, 7) is 0. The molecule has 9 heteroatoms. The molecule has 0 fully saturated rings. The lowest BCUT2D eigenvalue weighted by Gasteiger charge is -2.33. The largest absolute Gasteiger partial charge is 0.382 e. The van der Waals surface area contributed by atoms with Gasteiger partial charge in [-0.25, -0.2) is 0 Å². The van der Waals surface area contributed by atoms with Gasteiger partial charge in [0.15, 0.2) is 12.4 Å². The Kier molecular flexibility index (Phi) is 3.82. The molecule has 0 aromatic rings. The maximum Gasteiger partial charge on any atom is 0.382 e. The van der Waals surface area contributed by atoms with Crippen LogP contribution >= 0.6 is 0 Å². The number of rotatable bonds is 5. The van der Waals surface area contributed by atoms with Gasteiger partial charge < -0.3 is 31.0 Å². The summed E-state index contributed by atoms with van der Waals surface area (Å²) in [5.74, 6) is -1.98. The number of carbonyl (C=O) groups is 2. The van der Waals surface area contributed by atoms with Crippen LogP contribution in [0.5, 0.6) is 0 Å². The number of aliphatic hydroxyl groups is 4. The molecule has 0 aliphatic heterocycles. The number of hydrogen-bond acceptors (Lipinski definition) is 6. The van der Waals surface area contributed by atoms with Crippen LogP contribution < -0.4 is 5.73 Å². The molecular weight excluding hydrogens is 220 g/mol. The third-order valence-electron chi connectivity index (χ3n) is 1.72. The van der Waals surface area contributed by atoms with E-state index in [0.29, 0.717) is 0 Å². The number of alkyl halides is 2. The van der Waals surface area contributed by atoms with Crippen LogP contribution in [0.2, 0.25) is 0 Å². The lowest BCUT2D eigenvalue weighted by molar-refractivity contribution is -0.301. The number of aldehydes is 1. The second-order valence-corrected chi connectivity index (χ2v) is 2.76. The third kappa shape index (κ3) is 2.45. The molecule has 0 bridgehead atoms. The lowest BCUT2D eigenvalue weighted by Crippen LogP contribution is -2.66. The highest BCUT2D eigenvalue weighted by Crippen LogP contribution is 2.26. The molecule has 0 spiro atoms. The van der Waals surface area contributed by atoms with Crippen LogP contribution in [0.4, 0.5) is 8.78 Å². The van der Waals surface area contributed by atoms with Crippen molar-refractivity contribution in [2.24, 2.45) is 5.73 Å². The number of aliphatic hydroxyl groups excluding tert-OH is 2. The van der Waals surface area contributed by atoms with Crippen molar-refractivity contribution in [3.8, 4) is 0 Å². The first-order valence-corrected chi connectivity index (χ1v) is 3.52. The first-order valence-electron chi connectivity index (χ1n) is 3.52. The van der Waals surface area contributed by atoms with E-state index in [1.54, 1.807) is 0 Å². The molecule has 0 rings (SSSR count). The molecular formula is C6H9F2NO6. The fourth-order valence-electron chi connectivity index (χ4n) is 0.811. The molecule has 0 aliphatic rings. The number of halogens is 2. The average molecular weight is 229 g/mol. The highest BCUT2D eigenvalue weighted by molar-refractivity contribution is 5.88. The molecule has 15 heavy (non-hydrogen) atoms. The minimum Gasteiger partial charge on any atom is -0.382 e. The van der Waals surface area contributed by atoms with E-state index < -0.39 is 36.1 Å². The monoisotopic (exact) mass is 229 g/mol. The SMILES string of the molecule is NC(=O)[C@@](O)([C@H](O)C(O)(F)F)[C@@H](O)C=O. The van der Waals surface area contributed by atoms with Gasteiger partial charge in [0, 0.05) is 0 Å². The Hall–Kier alpha value is -1.16. The first kappa shape index (κ1) is 13.8. The number of amides is 1. The molecule has 0 aromatic carbocycles. The Labute approximate surface area is 81.7 Å². The van der Waals surface area contributed by atoms with E-state index in [2.05, 4.69) is 5.73 Å². The van der Waals surface area contributed by atoms with Crippen LogP contribution in [0.25, 0.3) is 0 Å². The highest BCUT2D eigenvalue weighted by Gasteiger charge is 2.58. The molecule has 0 aromatic heterocycles. The van der Waals surface area contributed by atoms with Crippen LogP contribution in [0, 0.1) is 0 Å². The Morgan fingerprint density at radius 2 is 1.73 bits per heavy atom.